The zero-order valence-corrected chi connectivity index (χ0v) is 13.2. The fraction of sp³-hybridized carbons (Fsp3) is 0.786. The van der Waals surface area contributed by atoms with Crippen LogP contribution in [0.4, 0.5) is 4.79 Å². The van der Waals surface area contributed by atoms with Crippen LogP contribution in [0.25, 0.3) is 0 Å². The smallest absolute Gasteiger partial charge is 0.407 e. The van der Waals surface area contributed by atoms with Gasteiger partial charge < -0.3 is 20.2 Å². The SMILES string of the molecule is CCCN(CCN(CCC(CC)C(=O)O)CC(=O)O)C(=O)O. The van der Waals surface area contributed by atoms with Gasteiger partial charge in [-0.05, 0) is 25.8 Å². The van der Waals surface area contributed by atoms with E-state index in [2.05, 4.69) is 0 Å². The molecule has 0 fully saturated rings. The molecule has 0 spiro atoms. The first-order valence-corrected chi connectivity index (χ1v) is 7.46. The number of carboxylic acid groups (broad SMARTS) is 3. The largest absolute Gasteiger partial charge is 0.481 e. The van der Waals surface area contributed by atoms with Crippen LogP contribution in [0.1, 0.15) is 33.1 Å². The van der Waals surface area contributed by atoms with Crippen LogP contribution >= 0.6 is 0 Å². The van der Waals surface area contributed by atoms with Crippen LogP contribution in [0, 0.1) is 5.92 Å². The summed E-state index contributed by atoms with van der Waals surface area (Å²) in [6.45, 7) is 4.60. The van der Waals surface area contributed by atoms with Crippen LogP contribution in [0.2, 0.25) is 0 Å². The quantitative estimate of drug-likeness (QED) is 0.495. The minimum absolute atomic E-state index is 0.209. The monoisotopic (exact) mass is 318 g/mol. The molecule has 1 atom stereocenters. The van der Waals surface area contributed by atoms with E-state index in [4.69, 9.17) is 15.3 Å². The standard InChI is InChI=1S/C14H26N2O6/c1-3-6-16(14(21)22)9-8-15(10-12(17)18)7-5-11(4-2)13(19)20/h11H,3-10H2,1-2H3,(H,17,18)(H,19,20)(H,21,22). The molecule has 3 N–H and O–H groups in total. The molecule has 0 aliphatic rings. The van der Waals surface area contributed by atoms with Crippen LogP contribution in [0.5, 0.6) is 0 Å². The molecule has 0 radical (unpaired) electrons. The number of hydrogen-bond donors (Lipinski definition) is 3. The van der Waals surface area contributed by atoms with Crippen molar-refractivity contribution in [3.05, 3.63) is 0 Å². The van der Waals surface area contributed by atoms with Gasteiger partial charge in [0.15, 0.2) is 0 Å². The van der Waals surface area contributed by atoms with Crippen molar-refractivity contribution in [2.24, 2.45) is 5.92 Å². The third-order valence-electron chi connectivity index (χ3n) is 3.44. The average molecular weight is 318 g/mol. The highest BCUT2D eigenvalue weighted by Crippen LogP contribution is 2.09. The van der Waals surface area contributed by atoms with Gasteiger partial charge in [0.05, 0.1) is 12.5 Å². The van der Waals surface area contributed by atoms with Crippen LogP contribution in [-0.2, 0) is 9.59 Å². The molecule has 0 saturated heterocycles. The Labute approximate surface area is 130 Å². The van der Waals surface area contributed by atoms with Crippen LogP contribution in [0.3, 0.4) is 0 Å². The Bertz CT molecular complexity index is 374. The second kappa shape index (κ2) is 10.8. The lowest BCUT2D eigenvalue weighted by atomic mass is 10.0. The summed E-state index contributed by atoms with van der Waals surface area (Å²) >= 11 is 0. The molecule has 8 nitrogen and oxygen atoms in total. The third kappa shape index (κ3) is 8.46. The Morgan fingerprint density at radius 2 is 1.59 bits per heavy atom. The lowest BCUT2D eigenvalue weighted by molar-refractivity contribution is -0.142. The van der Waals surface area contributed by atoms with Gasteiger partial charge in [0.2, 0.25) is 0 Å². The molecule has 128 valence electrons. The van der Waals surface area contributed by atoms with Crippen LogP contribution < -0.4 is 0 Å². The second-order valence-corrected chi connectivity index (χ2v) is 5.17. The highest BCUT2D eigenvalue weighted by molar-refractivity contribution is 5.70. The lowest BCUT2D eigenvalue weighted by Gasteiger charge is -2.25. The normalized spacial score (nSPS) is 12.1. The molecule has 0 rings (SSSR count). The van der Waals surface area contributed by atoms with Crippen molar-refractivity contribution in [1.82, 2.24) is 9.80 Å². The molecule has 0 aliphatic carbocycles. The fourth-order valence-electron chi connectivity index (χ4n) is 2.14. The Balaban J connectivity index is 4.53. The zero-order valence-electron chi connectivity index (χ0n) is 13.2. The van der Waals surface area contributed by atoms with Gasteiger partial charge in [-0.25, -0.2) is 4.79 Å². The second-order valence-electron chi connectivity index (χ2n) is 5.17. The van der Waals surface area contributed by atoms with Crippen LogP contribution in [-0.4, -0.2) is 75.9 Å². The first-order valence-electron chi connectivity index (χ1n) is 7.46. The first-order chi connectivity index (χ1) is 10.3. The van der Waals surface area contributed by atoms with E-state index in [1.165, 1.54) is 4.90 Å². The summed E-state index contributed by atoms with van der Waals surface area (Å²) in [5, 5.41) is 27.0. The van der Waals surface area contributed by atoms with Gasteiger partial charge in [-0.15, -0.1) is 0 Å². The van der Waals surface area contributed by atoms with E-state index < -0.39 is 23.9 Å². The van der Waals surface area contributed by atoms with E-state index in [-0.39, 0.29) is 19.6 Å². The number of aliphatic carboxylic acids is 2. The molecule has 0 aromatic carbocycles. The minimum atomic E-state index is -1.03. The molecule has 0 aromatic heterocycles. The molecule has 22 heavy (non-hydrogen) atoms. The maximum absolute atomic E-state index is 11.0. The van der Waals surface area contributed by atoms with E-state index in [1.807, 2.05) is 6.92 Å². The Morgan fingerprint density at radius 1 is 0.955 bits per heavy atom. The number of nitrogens with zero attached hydrogens (tertiary/aromatic N) is 2. The van der Waals surface area contributed by atoms with E-state index in [0.29, 0.717) is 32.4 Å². The van der Waals surface area contributed by atoms with Crippen molar-refractivity contribution in [3.63, 3.8) is 0 Å². The van der Waals surface area contributed by atoms with Gasteiger partial charge in [-0.2, -0.15) is 0 Å². The van der Waals surface area contributed by atoms with Gasteiger partial charge in [0.25, 0.3) is 0 Å². The average Bonchev–Trinajstić information content (AvgIpc) is 2.42. The van der Waals surface area contributed by atoms with E-state index >= 15 is 0 Å². The maximum Gasteiger partial charge on any atom is 0.407 e. The number of rotatable bonds is 12. The number of amides is 1. The third-order valence-corrected chi connectivity index (χ3v) is 3.44. The summed E-state index contributed by atoms with van der Waals surface area (Å²) in [5.41, 5.74) is 0. The predicted molar refractivity (Wildman–Crippen MR) is 80.0 cm³/mol. The summed E-state index contributed by atoms with van der Waals surface area (Å²) in [7, 11) is 0. The van der Waals surface area contributed by atoms with E-state index in [1.54, 1.807) is 11.8 Å². The molecule has 8 heteroatoms. The van der Waals surface area contributed by atoms with Gasteiger partial charge in [-0.3, -0.25) is 14.5 Å². The number of carbonyl (C=O) groups is 3. The van der Waals surface area contributed by atoms with Crippen molar-refractivity contribution >= 4 is 18.0 Å². The topological polar surface area (TPSA) is 118 Å². The Hall–Kier alpha value is -1.83. The molecule has 1 unspecified atom stereocenters. The van der Waals surface area contributed by atoms with Crippen molar-refractivity contribution in [1.29, 1.82) is 0 Å². The number of carboxylic acids is 2. The summed E-state index contributed by atoms with van der Waals surface area (Å²) < 4.78 is 0. The zero-order chi connectivity index (χ0) is 17.1. The summed E-state index contributed by atoms with van der Waals surface area (Å²) in [4.78, 5) is 35.7. The number of hydrogen-bond acceptors (Lipinski definition) is 4. The molecule has 0 heterocycles. The van der Waals surface area contributed by atoms with Gasteiger partial charge in [0, 0.05) is 19.6 Å². The highest BCUT2D eigenvalue weighted by Gasteiger charge is 2.19. The molecule has 0 aliphatic heterocycles. The summed E-state index contributed by atoms with van der Waals surface area (Å²) in [6, 6.07) is 0. The molecular weight excluding hydrogens is 292 g/mol. The van der Waals surface area contributed by atoms with Gasteiger partial charge in [0.1, 0.15) is 0 Å². The highest BCUT2D eigenvalue weighted by atomic mass is 16.4. The molecule has 0 bridgehead atoms. The predicted octanol–water partition coefficient (Wildman–Crippen LogP) is 1.26. The molecule has 1 amide bonds. The van der Waals surface area contributed by atoms with E-state index in [0.717, 1.165) is 0 Å². The van der Waals surface area contributed by atoms with E-state index in [9.17, 15) is 14.4 Å². The lowest BCUT2D eigenvalue weighted by Crippen LogP contribution is -2.41. The van der Waals surface area contributed by atoms with Crippen molar-refractivity contribution in [3.8, 4) is 0 Å². The maximum atomic E-state index is 11.0. The Morgan fingerprint density at radius 3 is 2.00 bits per heavy atom. The first kappa shape index (κ1) is 20.2. The molecule has 0 aromatic rings. The minimum Gasteiger partial charge on any atom is -0.481 e. The summed E-state index contributed by atoms with van der Waals surface area (Å²) in [5.74, 6) is -2.42. The van der Waals surface area contributed by atoms with Gasteiger partial charge in [-0.1, -0.05) is 13.8 Å². The fourth-order valence-corrected chi connectivity index (χ4v) is 2.14. The van der Waals surface area contributed by atoms with Crippen molar-refractivity contribution in [2.75, 3.05) is 32.7 Å². The molecular formula is C14H26N2O6. The summed E-state index contributed by atoms with van der Waals surface area (Å²) in [6.07, 6.45) is 0.476. The van der Waals surface area contributed by atoms with Crippen molar-refractivity contribution in [2.45, 2.75) is 33.1 Å². The van der Waals surface area contributed by atoms with Gasteiger partial charge >= 0.3 is 18.0 Å². The Kier molecular flexibility index (Phi) is 9.93. The van der Waals surface area contributed by atoms with Crippen LogP contribution in [0.15, 0.2) is 0 Å². The van der Waals surface area contributed by atoms with Crippen molar-refractivity contribution < 1.29 is 29.7 Å². The molecule has 0 saturated carbocycles.